The summed E-state index contributed by atoms with van der Waals surface area (Å²) in [6.45, 7) is 6.55. The highest BCUT2D eigenvalue weighted by molar-refractivity contribution is 7.86. The SMILES string of the molecule is C.CCCCN(CCCC)S(=O)(=O)N1Cc2cc(C#N)ccc2N(Cc2cccnc2)C[C@H]1Cc1ccccc1. The van der Waals surface area contributed by atoms with E-state index in [0.29, 0.717) is 38.2 Å². The first-order valence-electron chi connectivity index (χ1n) is 13.9. The van der Waals surface area contributed by atoms with Gasteiger partial charge in [0.05, 0.1) is 11.6 Å². The van der Waals surface area contributed by atoms with Crippen molar-refractivity contribution in [3.63, 3.8) is 0 Å². The molecule has 0 amide bonds. The van der Waals surface area contributed by atoms with Crippen molar-refractivity contribution in [3.8, 4) is 6.07 Å². The van der Waals surface area contributed by atoms with Gasteiger partial charge in [-0.25, -0.2) is 0 Å². The molecule has 4 rings (SSSR count). The fourth-order valence-electron chi connectivity index (χ4n) is 5.18. The molecule has 40 heavy (non-hydrogen) atoms. The van der Waals surface area contributed by atoms with Crippen molar-refractivity contribution in [3.05, 3.63) is 95.3 Å². The maximum Gasteiger partial charge on any atom is 0.282 e. The van der Waals surface area contributed by atoms with E-state index in [1.54, 1.807) is 14.8 Å². The molecular formula is C32H43N5O2S. The van der Waals surface area contributed by atoms with E-state index in [0.717, 1.165) is 48.1 Å². The summed E-state index contributed by atoms with van der Waals surface area (Å²) in [6.07, 6.45) is 7.71. The minimum atomic E-state index is -3.78. The number of hydrogen-bond donors (Lipinski definition) is 0. The molecule has 2 heterocycles. The molecule has 0 bridgehead atoms. The Hall–Kier alpha value is -3.25. The van der Waals surface area contributed by atoms with Crippen molar-refractivity contribution >= 4 is 15.9 Å². The van der Waals surface area contributed by atoms with Gasteiger partial charge in [-0.05, 0) is 60.2 Å². The molecule has 0 saturated heterocycles. The van der Waals surface area contributed by atoms with Crippen LogP contribution in [0.15, 0.2) is 73.1 Å². The number of aromatic nitrogens is 1. The highest BCUT2D eigenvalue weighted by atomic mass is 32.2. The molecule has 3 aromatic rings. The zero-order valence-electron chi connectivity index (χ0n) is 23.0. The number of nitrogens with zero attached hydrogens (tertiary/aromatic N) is 5. The zero-order chi connectivity index (χ0) is 27.7. The Morgan fingerprint density at radius 1 is 1.00 bits per heavy atom. The number of benzene rings is 2. The Balaban J connectivity index is 0.00000441. The summed E-state index contributed by atoms with van der Waals surface area (Å²) in [7, 11) is -3.78. The number of fused-ring (bicyclic) bond motifs is 1. The average molecular weight is 562 g/mol. The van der Waals surface area contributed by atoms with Gasteiger partial charge in [0.15, 0.2) is 0 Å². The Bertz CT molecular complexity index is 1330. The van der Waals surface area contributed by atoms with Gasteiger partial charge in [-0.3, -0.25) is 4.98 Å². The first kappa shape index (κ1) is 31.3. The Morgan fingerprint density at radius 2 is 1.70 bits per heavy atom. The van der Waals surface area contributed by atoms with Crippen molar-refractivity contribution < 1.29 is 8.42 Å². The van der Waals surface area contributed by atoms with Crippen molar-refractivity contribution in [1.82, 2.24) is 13.6 Å². The first-order valence-corrected chi connectivity index (χ1v) is 15.3. The van der Waals surface area contributed by atoms with E-state index < -0.39 is 10.2 Å². The molecule has 0 unspecified atom stereocenters. The number of nitriles is 1. The molecule has 0 fully saturated rings. The van der Waals surface area contributed by atoms with Crippen LogP contribution in [0.2, 0.25) is 0 Å². The van der Waals surface area contributed by atoms with Gasteiger partial charge in [0.25, 0.3) is 10.2 Å². The minimum Gasteiger partial charge on any atom is -0.365 e. The number of anilines is 1. The van der Waals surface area contributed by atoms with E-state index >= 15 is 0 Å². The van der Waals surface area contributed by atoms with E-state index in [2.05, 4.69) is 41.9 Å². The molecule has 0 spiro atoms. The van der Waals surface area contributed by atoms with Crippen LogP contribution >= 0.6 is 0 Å². The van der Waals surface area contributed by atoms with Gasteiger partial charge < -0.3 is 4.90 Å². The molecule has 214 valence electrons. The van der Waals surface area contributed by atoms with Crippen LogP contribution in [0.5, 0.6) is 0 Å². The predicted octanol–water partition coefficient (Wildman–Crippen LogP) is 6.17. The van der Waals surface area contributed by atoms with Gasteiger partial charge in [-0.15, -0.1) is 0 Å². The third-order valence-electron chi connectivity index (χ3n) is 7.27. The topological polar surface area (TPSA) is 80.5 Å². The highest BCUT2D eigenvalue weighted by Gasteiger charge is 2.38. The summed E-state index contributed by atoms with van der Waals surface area (Å²) in [6, 6.07) is 21.7. The molecule has 1 aliphatic heterocycles. The van der Waals surface area contributed by atoms with Crippen molar-refractivity contribution in [2.45, 2.75) is 72.5 Å². The van der Waals surface area contributed by atoms with Crippen LogP contribution in [0, 0.1) is 11.3 Å². The fraction of sp³-hybridized carbons (Fsp3) is 0.438. The Labute approximate surface area is 241 Å². The number of hydrogen-bond acceptors (Lipinski definition) is 5. The normalized spacial score (nSPS) is 15.7. The Kier molecular flexibility index (Phi) is 11.7. The number of rotatable bonds is 12. The van der Waals surface area contributed by atoms with Gasteiger partial charge in [-0.2, -0.15) is 22.3 Å². The quantitative estimate of drug-likeness (QED) is 0.264. The summed E-state index contributed by atoms with van der Waals surface area (Å²) in [5.74, 6) is 0. The number of pyridine rings is 1. The minimum absolute atomic E-state index is 0. The molecule has 0 N–H and O–H groups in total. The summed E-state index contributed by atoms with van der Waals surface area (Å²) in [5, 5.41) is 9.65. The third-order valence-corrected chi connectivity index (χ3v) is 9.31. The maximum absolute atomic E-state index is 14.4. The third kappa shape index (κ3) is 7.69. The van der Waals surface area contributed by atoms with Crippen LogP contribution in [-0.2, 0) is 29.7 Å². The van der Waals surface area contributed by atoms with Gasteiger partial charge in [0, 0.05) is 56.8 Å². The average Bonchev–Trinajstić information content (AvgIpc) is 3.10. The molecule has 2 aromatic carbocycles. The van der Waals surface area contributed by atoms with E-state index in [4.69, 9.17) is 0 Å². The monoisotopic (exact) mass is 561 g/mol. The molecule has 1 aliphatic rings. The molecule has 0 aliphatic carbocycles. The fourth-order valence-corrected chi connectivity index (χ4v) is 7.01. The molecule has 0 saturated carbocycles. The second-order valence-corrected chi connectivity index (χ2v) is 12.1. The van der Waals surface area contributed by atoms with E-state index in [9.17, 15) is 13.7 Å². The lowest BCUT2D eigenvalue weighted by Gasteiger charge is -2.35. The molecule has 0 radical (unpaired) electrons. The van der Waals surface area contributed by atoms with Crippen LogP contribution in [0.25, 0.3) is 0 Å². The second kappa shape index (κ2) is 14.9. The van der Waals surface area contributed by atoms with Crippen molar-refractivity contribution in [2.24, 2.45) is 0 Å². The molecule has 1 atom stereocenters. The van der Waals surface area contributed by atoms with Gasteiger partial charge in [0.1, 0.15) is 0 Å². The molecule has 8 heteroatoms. The first-order chi connectivity index (χ1) is 19.0. The van der Waals surface area contributed by atoms with E-state index in [1.165, 1.54) is 0 Å². The standard InChI is InChI=1S/C31H39N5O2S.CH4/c1-3-5-17-35(18-6-4-2)39(37,38)36-24-29-19-27(21-32)14-15-31(29)34(23-28-13-10-16-33-22-28)25-30(36)20-26-11-8-7-9-12-26;/h7-16,19,22,30H,3-6,17-18,20,23-25H2,1-2H3;1H4/t30-;/m1./s1. The molecule has 7 nitrogen and oxygen atoms in total. The van der Waals surface area contributed by atoms with E-state index in [-0.39, 0.29) is 20.0 Å². The maximum atomic E-state index is 14.4. The van der Waals surface area contributed by atoms with Crippen molar-refractivity contribution in [1.29, 1.82) is 5.26 Å². The van der Waals surface area contributed by atoms with Crippen LogP contribution in [-0.4, -0.2) is 47.7 Å². The van der Waals surface area contributed by atoms with Crippen molar-refractivity contribution in [2.75, 3.05) is 24.5 Å². The summed E-state index contributed by atoms with van der Waals surface area (Å²) in [5.41, 5.74) is 4.49. The van der Waals surface area contributed by atoms with Gasteiger partial charge in [-0.1, -0.05) is 70.5 Å². The highest BCUT2D eigenvalue weighted by Crippen LogP contribution is 2.33. The smallest absolute Gasteiger partial charge is 0.282 e. The lowest BCUT2D eigenvalue weighted by Crippen LogP contribution is -2.51. The lowest BCUT2D eigenvalue weighted by atomic mass is 10.1. The number of unbranched alkanes of at least 4 members (excludes halogenated alkanes) is 2. The lowest BCUT2D eigenvalue weighted by molar-refractivity contribution is 0.276. The van der Waals surface area contributed by atoms with E-state index in [1.807, 2.05) is 54.7 Å². The predicted molar refractivity (Wildman–Crippen MR) is 163 cm³/mol. The molecule has 1 aromatic heterocycles. The second-order valence-electron chi connectivity index (χ2n) is 10.2. The zero-order valence-corrected chi connectivity index (χ0v) is 23.9. The largest absolute Gasteiger partial charge is 0.365 e. The summed E-state index contributed by atoms with van der Waals surface area (Å²) < 4.78 is 32.3. The van der Waals surface area contributed by atoms with Crippen LogP contribution in [0.3, 0.4) is 0 Å². The van der Waals surface area contributed by atoms with Crippen LogP contribution in [0.1, 0.15) is 69.2 Å². The summed E-state index contributed by atoms with van der Waals surface area (Å²) in [4.78, 5) is 6.54. The molecular weight excluding hydrogens is 518 g/mol. The Morgan fingerprint density at radius 3 is 2.33 bits per heavy atom. The summed E-state index contributed by atoms with van der Waals surface area (Å²) >= 11 is 0. The van der Waals surface area contributed by atoms with Crippen LogP contribution < -0.4 is 4.90 Å². The van der Waals surface area contributed by atoms with Gasteiger partial charge >= 0.3 is 0 Å². The van der Waals surface area contributed by atoms with Crippen LogP contribution in [0.4, 0.5) is 5.69 Å². The van der Waals surface area contributed by atoms with Gasteiger partial charge in [0.2, 0.25) is 0 Å².